The standard InChI is InChI=1S/C18H14F2N4O4/c19-12-6-5-10(7-13(12)20)22-15(25)8-21-16(26)9-28-18(27)17-11-3-1-2-4-14(11)23-24-17/h1-7H,8-9H2,(H,21,26)(H,22,25)(H,23,24). The zero-order valence-electron chi connectivity index (χ0n) is 14.3. The number of nitrogens with one attached hydrogen (secondary N) is 3. The van der Waals surface area contributed by atoms with Crippen LogP contribution in [0.15, 0.2) is 42.5 Å². The van der Waals surface area contributed by atoms with Gasteiger partial charge in [0.2, 0.25) is 5.91 Å². The lowest BCUT2D eigenvalue weighted by atomic mass is 10.2. The Labute approximate surface area is 156 Å². The first-order chi connectivity index (χ1) is 13.4. The number of hydrogen-bond acceptors (Lipinski definition) is 5. The van der Waals surface area contributed by atoms with Gasteiger partial charge in [0.05, 0.1) is 12.1 Å². The minimum absolute atomic E-state index is 0.0370. The molecule has 1 heterocycles. The molecule has 144 valence electrons. The zero-order chi connectivity index (χ0) is 20.1. The molecule has 0 fully saturated rings. The highest BCUT2D eigenvalue weighted by atomic mass is 19.2. The summed E-state index contributed by atoms with van der Waals surface area (Å²) in [5, 5.41) is 11.6. The molecule has 0 aliphatic rings. The molecule has 1 aromatic heterocycles. The Balaban J connectivity index is 1.45. The molecule has 0 atom stereocenters. The Kier molecular flexibility index (Phi) is 5.58. The highest BCUT2D eigenvalue weighted by molar-refractivity contribution is 6.02. The highest BCUT2D eigenvalue weighted by Crippen LogP contribution is 2.15. The molecule has 2 aromatic carbocycles. The molecule has 3 aromatic rings. The molecule has 0 aliphatic carbocycles. The normalized spacial score (nSPS) is 10.5. The lowest BCUT2D eigenvalue weighted by molar-refractivity contribution is -0.126. The van der Waals surface area contributed by atoms with E-state index in [1.807, 2.05) is 0 Å². The van der Waals surface area contributed by atoms with Crippen LogP contribution in [-0.4, -0.2) is 41.1 Å². The fraction of sp³-hybridized carbons (Fsp3) is 0.111. The van der Waals surface area contributed by atoms with Crippen LogP contribution in [-0.2, 0) is 14.3 Å². The quantitative estimate of drug-likeness (QED) is 0.557. The molecular formula is C18H14F2N4O4. The van der Waals surface area contributed by atoms with Gasteiger partial charge < -0.3 is 15.4 Å². The Morgan fingerprint density at radius 2 is 1.82 bits per heavy atom. The summed E-state index contributed by atoms with van der Waals surface area (Å²) in [5.41, 5.74) is 0.724. The molecule has 3 rings (SSSR count). The van der Waals surface area contributed by atoms with Crippen molar-refractivity contribution >= 4 is 34.4 Å². The van der Waals surface area contributed by atoms with Crippen molar-refractivity contribution in [2.45, 2.75) is 0 Å². The van der Waals surface area contributed by atoms with E-state index >= 15 is 0 Å². The smallest absolute Gasteiger partial charge is 0.359 e. The van der Waals surface area contributed by atoms with Crippen LogP contribution in [0.4, 0.5) is 14.5 Å². The first-order valence-electron chi connectivity index (χ1n) is 8.06. The Morgan fingerprint density at radius 3 is 2.61 bits per heavy atom. The van der Waals surface area contributed by atoms with E-state index in [9.17, 15) is 23.2 Å². The number of carbonyl (C=O) groups is 3. The van der Waals surface area contributed by atoms with Crippen molar-refractivity contribution < 1.29 is 27.9 Å². The fourth-order valence-electron chi connectivity index (χ4n) is 2.33. The maximum absolute atomic E-state index is 13.1. The molecule has 3 N–H and O–H groups in total. The molecule has 0 spiro atoms. The molecule has 0 aliphatic heterocycles. The molecule has 8 nitrogen and oxygen atoms in total. The number of nitrogens with zero attached hydrogens (tertiary/aromatic N) is 1. The van der Waals surface area contributed by atoms with Crippen molar-refractivity contribution in [2.24, 2.45) is 0 Å². The van der Waals surface area contributed by atoms with Crippen LogP contribution in [0, 0.1) is 11.6 Å². The van der Waals surface area contributed by atoms with E-state index in [1.54, 1.807) is 24.3 Å². The number of hydrogen-bond donors (Lipinski definition) is 3. The summed E-state index contributed by atoms with van der Waals surface area (Å²) in [6.07, 6.45) is 0. The van der Waals surface area contributed by atoms with Crippen LogP contribution in [0.3, 0.4) is 0 Å². The van der Waals surface area contributed by atoms with E-state index < -0.39 is 42.6 Å². The van der Waals surface area contributed by atoms with Crippen LogP contribution in [0.2, 0.25) is 0 Å². The minimum Gasteiger partial charge on any atom is -0.451 e. The van der Waals surface area contributed by atoms with Gasteiger partial charge in [-0.15, -0.1) is 0 Å². The third kappa shape index (κ3) is 4.47. The summed E-state index contributed by atoms with van der Waals surface area (Å²) in [6.45, 7) is -1.06. The summed E-state index contributed by atoms with van der Waals surface area (Å²) < 4.78 is 30.8. The van der Waals surface area contributed by atoms with E-state index in [-0.39, 0.29) is 11.4 Å². The van der Waals surface area contributed by atoms with Gasteiger partial charge in [-0.2, -0.15) is 5.10 Å². The molecule has 0 saturated carbocycles. The van der Waals surface area contributed by atoms with E-state index in [1.165, 1.54) is 6.07 Å². The number of aromatic nitrogens is 2. The number of para-hydroxylation sites is 1. The molecular weight excluding hydrogens is 374 g/mol. The highest BCUT2D eigenvalue weighted by Gasteiger charge is 2.17. The molecule has 0 radical (unpaired) electrons. The van der Waals surface area contributed by atoms with E-state index in [0.29, 0.717) is 10.9 Å². The second-order valence-corrected chi connectivity index (χ2v) is 5.65. The van der Waals surface area contributed by atoms with Crippen LogP contribution < -0.4 is 10.6 Å². The Bertz CT molecular complexity index is 1050. The molecule has 0 bridgehead atoms. The summed E-state index contributed by atoms with van der Waals surface area (Å²) in [4.78, 5) is 35.5. The number of halogens is 2. The fourth-order valence-corrected chi connectivity index (χ4v) is 2.33. The molecule has 0 unspecified atom stereocenters. The molecule has 28 heavy (non-hydrogen) atoms. The van der Waals surface area contributed by atoms with Gasteiger partial charge in [0, 0.05) is 17.1 Å². The molecule has 10 heteroatoms. The predicted octanol–water partition coefficient (Wildman–Crippen LogP) is 1.75. The lowest BCUT2D eigenvalue weighted by Crippen LogP contribution is -2.35. The maximum atomic E-state index is 13.1. The first-order valence-corrected chi connectivity index (χ1v) is 8.06. The number of ether oxygens (including phenoxy) is 1. The van der Waals surface area contributed by atoms with E-state index in [0.717, 1.165) is 12.1 Å². The number of benzene rings is 2. The van der Waals surface area contributed by atoms with Crippen molar-refractivity contribution in [2.75, 3.05) is 18.5 Å². The molecule has 0 saturated heterocycles. The van der Waals surface area contributed by atoms with Crippen molar-refractivity contribution in [1.82, 2.24) is 15.5 Å². The van der Waals surface area contributed by atoms with Gasteiger partial charge in [-0.3, -0.25) is 14.7 Å². The average molecular weight is 388 g/mol. The Hall–Kier alpha value is -3.82. The minimum atomic E-state index is -1.11. The summed E-state index contributed by atoms with van der Waals surface area (Å²) in [7, 11) is 0. The van der Waals surface area contributed by atoms with Gasteiger partial charge in [0.15, 0.2) is 23.9 Å². The van der Waals surface area contributed by atoms with Gasteiger partial charge >= 0.3 is 5.97 Å². The predicted molar refractivity (Wildman–Crippen MR) is 94.4 cm³/mol. The number of anilines is 1. The van der Waals surface area contributed by atoms with Crippen molar-refractivity contribution in [1.29, 1.82) is 0 Å². The largest absolute Gasteiger partial charge is 0.451 e. The summed E-state index contributed by atoms with van der Waals surface area (Å²) in [6, 6.07) is 9.76. The van der Waals surface area contributed by atoms with Crippen LogP contribution in [0.1, 0.15) is 10.5 Å². The van der Waals surface area contributed by atoms with Gasteiger partial charge in [-0.1, -0.05) is 18.2 Å². The second-order valence-electron chi connectivity index (χ2n) is 5.65. The van der Waals surface area contributed by atoms with Gasteiger partial charge in [-0.05, 0) is 18.2 Å². The topological polar surface area (TPSA) is 113 Å². The van der Waals surface area contributed by atoms with Gasteiger partial charge in [0.1, 0.15) is 0 Å². The van der Waals surface area contributed by atoms with Gasteiger partial charge in [-0.25, -0.2) is 13.6 Å². The first kappa shape index (κ1) is 19.0. The Morgan fingerprint density at radius 1 is 1.04 bits per heavy atom. The number of rotatable bonds is 6. The lowest BCUT2D eigenvalue weighted by Gasteiger charge is -2.07. The van der Waals surface area contributed by atoms with Crippen molar-refractivity contribution in [3.8, 4) is 0 Å². The monoisotopic (exact) mass is 388 g/mol. The van der Waals surface area contributed by atoms with E-state index in [2.05, 4.69) is 20.8 Å². The van der Waals surface area contributed by atoms with Crippen molar-refractivity contribution in [3.05, 3.63) is 59.8 Å². The van der Waals surface area contributed by atoms with Crippen LogP contribution in [0.5, 0.6) is 0 Å². The summed E-state index contributed by atoms with van der Waals surface area (Å²) in [5.74, 6) is -4.33. The van der Waals surface area contributed by atoms with Crippen molar-refractivity contribution in [3.63, 3.8) is 0 Å². The zero-order valence-corrected chi connectivity index (χ0v) is 14.3. The SMILES string of the molecule is O=C(COC(=O)c1n[nH]c2ccccc12)NCC(=O)Nc1ccc(F)c(F)c1. The second kappa shape index (κ2) is 8.25. The van der Waals surface area contributed by atoms with Crippen LogP contribution >= 0.6 is 0 Å². The number of carbonyl (C=O) groups excluding carboxylic acids is 3. The number of amides is 2. The van der Waals surface area contributed by atoms with Crippen LogP contribution in [0.25, 0.3) is 10.9 Å². The number of H-pyrrole nitrogens is 1. The third-order valence-electron chi connectivity index (χ3n) is 3.65. The summed E-state index contributed by atoms with van der Waals surface area (Å²) >= 11 is 0. The molecule has 2 amide bonds. The third-order valence-corrected chi connectivity index (χ3v) is 3.65. The number of fused-ring (bicyclic) bond motifs is 1. The number of esters is 1. The maximum Gasteiger partial charge on any atom is 0.359 e. The number of aromatic amines is 1. The van der Waals surface area contributed by atoms with E-state index in [4.69, 9.17) is 4.74 Å². The average Bonchev–Trinajstić information content (AvgIpc) is 3.11. The van der Waals surface area contributed by atoms with Gasteiger partial charge in [0.25, 0.3) is 5.91 Å².